The Morgan fingerprint density at radius 3 is 3.10 bits per heavy atom. The molecule has 0 aliphatic heterocycles. The van der Waals surface area contributed by atoms with Crippen molar-refractivity contribution in [3.05, 3.63) is 26.8 Å². The average Bonchev–Trinajstić information content (AvgIpc) is 2.37. The van der Waals surface area contributed by atoms with Crippen LogP contribution >= 0.6 is 11.3 Å². The second-order valence-corrected chi connectivity index (χ2v) is 2.46. The fourth-order valence-electron chi connectivity index (χ4n) is 0.508. The first-order valence-corrected chi connectivity index (χ1v) is 3.33. The summed E-state index contributed by atoms with van der Waals surface area (Å²) in [6, 6.07) is 1.54. The van der Waals surface area contributed by atoms with Crippen LogP contribution in [0.15, 0.2) is 16.6 Å². The lowest BCUT2D eigenvalue weighted by Crippen LogP contribution is -1.62. The van der Waals surface area contributed by atoms with Crippen molar-refractivity contribution in [1.82, 2.24) is 0 Å². The number of hydrogen-bond donors (Lipinski definition) is 0. The normalized spacial score (nSPS) is 8.40. The zero-order chi connectivity index (χ0) is 7.40. The number of carbonyl (C=O) groups excluding carboxylic acids is 1. The molecule has 10 heavy (non-hydrogen) atoms. The Labute approximate surface area is 60.7 Å². The van der Waals surface area contributed by atoms with E-state index in [0.717, 1.165) is 6.29 Å². The number of rotatable bonds is 2. The number of aldehydes is 1. The van der Waals surface area contributed by atoms with Crippen molar-refractivity contribution < 1.29 is 4.79 Å². The minimum atomic E-state index is 0.495. The van der Waals surface area contributed by atoms with E-state index in [4.69, 9.17) is 5.53 Å². The molecule has 4 nitrogen and oxygen atoms in total. The quantitative estimate of drug-likeness (QED) is 0.278. The number of carbonyl (C=O) groups is 1. The van der Waals surface area contributed by atoms with E-state index in [1.165, 1.54) is 17.4 Å². The fraction of sp³-hybridized carbons (Fsp3) is 0. The van der Waals surface area contributed by atoms with Gasteiger partial charge in [-0.2, -0.15) is 0 Å². The second-order valence-electron chi connectivity index (χ2n) is 1.51. The number of azide groups is 1. The second kappa shape index (κ2) is 3.00. The lowest BCUT2D eigenvalue weighted by molar-refractivity contribution is 0.112. The van der Waals surface area contributed by atoms with Crippen LogP contribution in [-0.2, 0) is 0 Å². The van der Waals surface area contributed by atoms with Gasteiger partial charge in [0.25, 0.3) is 0 Å². The molecule has 0 saturated heterocycles. The van der Waals surface area contributed by atoms with E-state index >= 15 is 0 Å². The maximum Gasteiger partial charge on any atom is 0.160 e. The first-order chi connectivity index (χ1) is 4.86. The Bertz CT molecular complexity index is 287. The molecule has 0 fully saturated rings. The zero-order valence-electron chi connectivity index (χ0n) is 4.89. The van der Waals surface area contributed by atoms with Crippen LogP contribution in [-0.4, -0.2) is 6.29 Å². The molecule has 50 valence electrons. The first-order valence-electron chi connectivity index (χ1n) is 2.45. The van der Waals surface area contributed by atoms with Gasteiger partial charge in [0, 0.05) is 16.0 Å². The fourth-order valence-corrected chi connectivity index (χ4v) is 1.12. The highest BCUT2D eigenvalue weighted by molar-refractivity contribution is 7.12. The molecule has 1 aromatic rings. The van der Waals surface area contributed by atoms with Crippen LogP contribution < -0.4 is 0 Å². The van der Waals surface area contributed by atoms with Gasteiger partial charge < -0.3 is 0 Å². The predicted octanol–water partition coefficient (Wildman–Crippen LogP) is 2.50. The molecule has 0 spiro atoms. The SMILES string of the molecule is [N-]=[N+]=Nc1csc(C=O)c1. The molecule has 0 unspecified atom stereocenters. The Morgan fingerprint density at radius 1 is 1.80 bits per heavy atom. The summed E-state index contributed by atoms with van der Waals surface area (Å²) >= 11 is 1.26. The molecule has 5 heteroatoms. The van der Waals surface area contributed by atoms with Crippen LogP contribution in [0.4, 0.5) is 5.69 Å². The third-order valence-electron chi connectivity index (χ3n) is 0.882. The van der Waals surface area contributed by atoms with Crippen molar-refractivity contribution >= 4 is 23.3 Å². The largest absolute Gasteiger partial charge is 0.297 e. The predicted molar refractivity (Wildman–Crippen MR) is 38.5 cm³/mol. The van der Waals surface area contributed by atoms with Crippen LogP contribution in [0, 0.1) is 0 Å². The number of nitrogens with zero attached hydrogens (tertiary/aromatic N) is 3. The molecule has 0 radical (unpaired) electrons. The van der Waals surface area contributed by atoms with Gasteiger partial charge in [-0.25, -0.2) is 0 Å². The van der Waals surface area contributed by atoms with Gasteiger partial charge in [-0.3, -0.25) is 4.79 Å². The Balaban J connectivity index is 2.98. The summed E-state index contributed by atoms with van der Waals surface area (Å²) in [4.78, 5) is 13.2. The monoisotopic (exact) mass is 153 g/mol. The summed E-state index contributed by atoms with van der Waals surface area (Å²) in [6.07, 6.45) is 0.723. The van der Waals surface area contributed by atoms with Crippen molar-refractivity contribution in [3.8, 4) is 0 Å². The van der Waals surface area contributed by atoms with Gasteiger partial charge in [-0.05, 0) is 11.6 Å². The van der Waals surface area contributed by atoms with E-state index in [2.05, 4.69) is 10.0 Å². The van der Waals surface area contributed by atoms with Gasteiger partial charge in [-0.15, -0.1) is 11.3 Å². The minimum Gasteiger partial charge on any atom is -0.297 e. The summed E-state index contributed by atoms with van der Waals surface area (Å²) in [5.74, 6) is 0. The van der Waals surface area contributed by atoms with E-state index in [1.54, 1.807) is 5.38 Å². The van der Waals surface area contributed by atoms with Crippen LogP contribution in [0.2, 0.25) is 0 Å². The maximum atomic E-state index is 10.1. The van der Waals surface area contributed by atoms with Crippen molar-refractivity contribution in [2.24, 2.45) is 5.11 Å². The van der Waals surface area contributed by atoms with Gasteiger partial charge in [-0.1, -0.05) is 5.11 Å². The zero-order valence-corrected chi connectivity index (χ0v) is 5.71. The Morgan fingerprint density at radius 2 is 2.60 bits per heavy atom. The highest BCUT2D eigenvalue weighted by atomic mass is 32.1. The molecule has 0 aliphatic carbocycles. The van der Waals surface area contributed by atoms with Crippen molar-refractivity contribution in [1.29, 1.82) is 0 Å². The molecule has 0 bridgehead atoms. The summed E-state index contributed by atoms with van der Waals surface area (Å²) < 4.78 is 0. The van der Waals surface area contributed by atoms with Crippen molar-refractivity contribution in [2.45, 2.75) is 0 Å². The first kappa shape index (κ1) is 6.80. The molecule has 0 saturated carbocycles. The van der Waals surface area contributed by atoms with Crippen molar-refractivity contribution in [2.75, 3.05) is 0 Å². The molecule has 1 aromatic heterocycles. The van der Waals surface area contributed by atoms with Gasteiger partial charge in [0.05, 0.1) is 4.88 Å². The highest BCUT2D eigenvalue weighted by Crippen LogP contribution is 2.20. The summed E-state index contributed by atoms with van der Waals surface area (Å²) in [5, 5.41) is 4.94. The van der Waals surface area contributed by atoms with Crippen LogP contribution in [0.3, 0.4) is 0 Å². The van der Waals surface area contributed by atoms with Gasteiger partial charge in [0.1, 0.15) is 0 Å². The van der Waals surface area contributed by atoms with E-state index in [0.29, 0.717) is 10.6 Å². The number of hydrogen-bond acceptors (Lipinski definition) is 3. The van der Waals surface area contributed by atoms with Crippen LogP contribution in [0.5, 0.6) is 0 Å². The third-order valence-corrected chi connectivity index (χ3v) is 1.73. The smallest absolute Gasteiger partial charge is 0.160 e. The molecule has 0 aliphatic rings. The molecule has 0 N–H and O–H groups in total. The van der Waals surface area contributed by atoms with Gasteiger partial charge in [0.2, 0.25) is 0 Å². The molecule has 1 heterocycles. The summed E-state index contributed by atoms with van der Waals surface area (Å²) in [7, 11) is 0. The van der Waals surface area contributed by atoms with E-state index in [-0.39, 0.29) is 0 Å². The summed E-state index contributed by atoms with van der Waals surface area (Å²) in [6.45, 7) is 0. The third kappa shape index (κ3) is 1.34. The standard InChI is InChI=1S/C5H3N3OS/c6-8-7-4-1-5(2-9)10-3-4/h1-3H. The van der Waals surface area contributed by atoms with Crippen molar-refractivity contribution in [3.63, 3.8) is 0 Å². The average molecular weight is 153 g/mol. The number of thiophene rings is 1. The van der Waals surface area contributed by atoms with Crippen LogP contribution in [0.25, 0.3) is 10.4 Å². The Hall–Kier alpha value is -1.32. The van der Waals surface area contributed by atoms with E-state index in [9.17, 15) is 4.79 Å². The molecule has 0 aromatic carbocycles. The molecule has 0 atom stereocenters. The summed E-state index contributed by atoms with van der Waals surface area (Å²) in [5.41, 5.74) is 8.47. The lowest BCUT2D eigenvalue weighted by Gasteiger charge is -1.72. The van der Waals surface area contributed by atoms with E-state index in [1.807, 2.05) is 0 Å². The van der Waals surface area contributed by atoms with Gasteiger partial charge in [0.15, 0.2) is 6.29 Å². The van der Waals surface area contributed by atoms with Gasteiger partial charge >= 0.3 is 0 Å². The Kier molecular flexibility index (Phi) is 2.04. The van der Waals surface area contributed by atoms with E-state index < -0.39 is 0 Å². The lowest BCUT2D eigenvalue weighted by atomic mass is 10.5. The topological polar surface area (TPSA) is 65.8 Å². The molecule has 1 rings (SSSR count). The molecular formula is C5H3N3OS. The van der Waals surface area contributed by atoms with Crippen LogP contribution in [0.1, 0.15) is 9.67 Å². The minimum absolute atomic E-state index is 0.495. The maximum absolute atomic E-state index is 10.1. The molecular weight excluding hydrogens is 150 g/mol. The highest BCUT2D eigenvalue weighted by Gasteiger charge is 1.93. The molecule has 0 amide bonds.